The summed E-state index contributed by atoms with van der Waals surface area (Å²) in [5, 5.41) is 0. The molecule has 0 radical (unpaired) electrons. The minimum absolute atomic E-state index is 0.548. The molecule has 0 aromatic carbocycles. The molecule has 8 heteroatoms. The molecule has 0 aliphatic rings. The van der Waals surface area contributed by atoms with Gasteiger partial charge >= 0.3 is 17.6 Å². The Balaban J connectivity index is 0. The van der Waals surface area contributed by atoms with Gasteiger partial charge in [0, 0.05) is 40.6 Å². The summed E-state index contributed by atoms with van der Waals surface area (Å²) in [4.78, 5) is 0. The van der Waals surface area contributed by atoms with Gasteiger partial charge in [0.2, 0.25) is 0 Å². The third-order valence-corrected chi connectivity index (χ3v) is 7.40. The monoisotopic (exact) mass is 340 g/mol. The molecule has 0 fully saturated rings. The predicted octanol–water partition coefficient (Wildman–Crippen LogP) is 2.64. The normalized spacial score (nSPS) is 11.8. The van der Waals surface area contributed by atoms with Crippen molar-refractivity contribution in [2.45, 2.75) is 34.2 Å². The molecule has 0 unspecified atom stereocenters. The van der Waals surface area contributed by atoms with Gasteiger partial charge in [-0.1, -0.05) is 0 Å². The second-order valence-electron chi connectivity index (χ2n) is 3.86. The first kappa shape index (κ1) is 23.2. The van der Waals surface area contributed by atoms with Crippen molar-refractivity contribution < 1.29 is 26.6 Å². The smallest absolute Gasteiger partial charge is 0.395 e. The van der Waals surface area contributed by atoms with Crippen LogP contribution < -0.4 is 0 Å². The quantitative estimate of drug-likeness (QED) is 0.539. The Labute approximate surface area is 132 Å². The highest BCUT2D eigenvalue weighted by atomic mass is 28.4. The van der Waals surface area contributed by atoms with E-state index in [1.54, 1.807) is 19.9 Å². The second kappa shape index (κ2) is 13.6. The van der Waals surface area contributed by atoms with Crippen LogP contribution in [0.2, 0.25) is 6.55 Å². The Morgan fingerprint density at radius 3 is 1.14 bits per heavy atom. The van der Waals surface area contributed by atoms with Crippen molar-refractivity contribution in [1.82, 2.24) is 0 Å². The molecule has 0 rings (SSSR count). The molecule has 21 heavy (non-hydrogen) atoms. The van der Waals surface area contributed by atoms with Crippen molar-refractivity contribution in [1.29, 1.82) is 0 Å². The van der Waals surface area contributed by atoms with Crippen molar-refractivity contribution in [2.75, 3.05) is 40.6 Å². The lowest BCUT2D eigenvalue weighted by Crippen LogP contribution is -2.49. The summed E-state index contributed by atoms with van der Waals surface area (Å²) < 4.78 is 31.8. The number of hydrogen-bond acceptors (Lipinski definition) is 6. The number of rotatable bonds is 11. The average molecular weight is 341 g/mol. The van der Waals surface area contributed by atoms with Crippen molar-refractivity contribution in [3.63, 3.8) is 0 Å². The fraction of sp³-hybridized carbons (Fsp3) is 0.846. The van der Waals surface area contributed by atoms with E-state index < -0.39 is 17.6 Å². The zero-order chi connectivity index (χ0) is 16.8. The summed E-state index contributed by atoms with van der Waals surface area (Å²) in [6, 6.07) is 0. The maximum absolute atomic E-state index is 5.42. The van der Waals surface area contributed by atoms with E-state index in [1.807, 2.05) is 34.2 Å². The van der Waals surface area contributed by atoms with Crippen LogP contribution in [0.5, 0.6) is 0 Å². The molecule has 0 amide bonds. The molecule has 0 saturated carbocycles. The predicted molar refractivity (Wildman–Crippen MR) is 88.1 cm³/mol. The molecule has 0 spiro atoms. The largest absolute Gasteiger partial charge is 0.679 e. The van der Waals surface area contributed by atoms with Crippen LogP contribution in [0.4, 0.5) is 0 Å². The van der Waals surface area contributed by atoms with Gasteiger partial charge in [-0.05, 0) is 39.9 Å². The van der Waals surface area contributed by atoms with Crippen molar-refractivity contribution in [2.24, 2.45) is 0 Å². The van der Waals surface area contributed by atoms with Gasteiger partial charge in [0.15, 0.2) is 0 Å². The standard InChI is InChI=1S/C8H20O4Si.C5H12O2Si/c1-5-9-13(10-6-2,11-7-3)12-8-4;1-5-8(4,6-2)7-3/h5-8H2,1-4H3;5H,1H2,2-4H3. The molecule has 0 aliphatic heterocycles. The fourth-order valence-electron chi connectivity index (χ4n) is 1.21. The van der Waals surface area contributed by atoms with Crippen LogP contribution in [0.1, 0.15) is 27.7 Å². The molecule has 0 aromatic heterocycles. The Kier molecular flexibility index (Phi) is 15.0. The van der Waals surface area contributed by atoms with Crippen molar-refractivity contribution >= 4 is 17.6 Å². The van der Waals surface area contributed by atoms with Crippen LogP contribution in [-0.2, 0) is 26.6 Å². The van der Waals surface area contributed by atoms with Crippen LogP contribution >= 0.6 is 0 Å². The Morgan fingerprint density at radius 2 is 1.05 bits per heavy atom. The van der Waals surface area contributed by atoms with Crippen LogP contribution in [-0.4, -0.2) is 58.3 Å². The van der Waals surface area contributed by atoms with Crippen LogP contribution in [0.25, 0.3) is 0 Å². The SMILES string of the molecule is C=C[Si](C)(OC)OC.CCO[Si](OCC)(OCC)OCC. The summed E-state index contributed by atoms with van der Waals surface area (Å²) in [5.74, 6) is 0. The lowest BCUT2D eigenvalue weighted by atomic mass is 10.9. The van der Waals surface area contributed by atoms with Crippen LogP contribution in [0.15, 0.2) is 12.3 Å². The first-order valence-electron chi connectivity index (χ1n) is 7.22. The van der Waals surface area contributed by atoms with Gasteiger partial charge in [0.25, 0.3) is 0 Å². The summed E-state index contributed by atoms with van der Waals surface area (Å²) in [7, 11) is -1.43. The minimum Gasteiger partial charge on any atom is -0.395 e. The summed E-state index contributed by atoms with van der Waals surface area (Å²) >= 11 is 0. The number of hydrogen-bond donors (Lipinski definition) is 0. The third kappa shape index (κ3) is 10.3. The third-order valence-electron chi connectivity index (χ3n) is 2.47. The molecule has 0 atom stereocenters. The van der Waals surface area contributed by atoms with E-state index in [-0.39, 0.29) is 0 Å². The highest BCUT2D eigenvalue weighted by molar-refractivity contribution is 6.71. The summed E-state index contributed by atoms with van der Waals surface area (Å²) in [6.07, 6.45) is 0. The molecule has 0 bridgehead atoms. The maximum Gasteiger partial charge on any atom is 0.679 e. The van der Waals surface area contributed by atoms with E-state index in [0.717, 1.165) is 0 Å². The second-order valence-corrected chi connectivity index (χ2v) is 9.27. The molecule has 0 saturated heterocycles. The molecule has 0 N–H and O–H groups in total. The molecule has 0 aromatic rings. The van der Waals surface area contributed by atoms with Crippen LogP contribution in [0, 0.1) is 0 Å². The maximum atomic E-state index is 5.42. The van der Waals surface area contributed by atoms with Gasteiger partial charge in [0.05, 0.1) is 0 Å². The molecule has 128 valence electrons. The van der Waals surface area contributed by atoms with E-state index in [2.05, 4.69) is 6.58 Å². The minimum atomic E-state index is -2.80. The van der Waals surface area contributed by atoms with Gasteiger partial charge < -0.3 is 26.6 Å². The zero-order valence-corrected chi connectivity index (χ0v) is 16.6. The zero-order valence-electron chi connectivity index (χ0n) is 14.6. The highest BCUT2D eigenvalue weighted by Gasteiger charge is 2.44. The Hall–Kier alpha value is -0.0662. The molecule has 0 aliphatic carbocycles. The van der Waals surface area contributed by atoms with E-state index in [0.29, 0.717) is 26.4 Å². The van der Waals surface area contributed by atoms with E-state index in [4.69, 9.17) is 26.6 Å². The van der Waals surface area contributed by atoms with E-state index >= 15 is 0 Å². The van der Waals surface area contributed by atoms with Crippen molar-refractivity contribution in [3.8, 4) is 0 Å². The van der Waals surface area contributed by atoms with E-state index in [9.17, 15) is 0 Å². The summed E-state index contributed by atoms with van der Waals surface area (Å²) in [6.45, 7) is 15.3. The lowest BCUT2D eigenvalue weighted by Gasteiger charge is -2.26. The fourth-order valence-corrected chi connectivity index (χ4v) is 3.62. The Bertz CT molecular complexity index is 219. The lowest BCUT2D eigenvalue weighted by molar-refractivity contribution is -0.0247. The topological polar surface area (TPSA) is 55.4 Å². The first-order valence-corrected chi connectivity index (χ1v) is 11.2. The van der Waals surface area contributed by atoms with Gasteiger partial charge in [-0.2, -0.15) is 0 Å². The van der Waals surface area contributed by atoms with Crippen LogP contribution in [0.3, 0.4) is 0 Å². The first-order chi connectivity index (χ1) is 9.92. The molecular formula is C13H32O6Si2. The summed E-state index contributed by atoms with van der Waals surface area (Å²) in [5.41, 5.74) is 1.74. The van der Waals surface area contributed by atoms with Gasteiger partial charge in [-0.15, -0.1) is 6.58 Å². The molecule has 0 heterocycles. The Morgan fingerprint density at radius 1 is 0.762 bits per heavy atom. The van der Waals surface area contributed by atoms with Gasteiger partial charge in [0.1, 0.15) is 0 Å². The average Bonchev–Trinajstić information content (AvgIpc) is 2.48. The van der Waals surface area contributed by atoms with E-state index in [1.165, 1.54) is 0 Å². The molecular weight excluding hydrogens is 308 g/mol. The van der Waals surface area contributed by atoms with Gasteiger partial charge in [-0.25, -0.2) is 0 Å². The highest BCUT2D eigenvalue weighted by Crippen LogP contribution is 2.11. The van der Waals surface area contributed by atoms with Gasteiger partial charge in [-0.3, -0.25) is 0 Å². The van der Waals surface area contributed by atoms with Crippen molar-refractivity contribution in [3.05, 3.63) is 12.3 Å². The molecule has 6 nitrogen and oxygen atoms in total.